The summed E-state index contributed by atoms with van der Waals surface area (Å²) in [5.41, 5.74) is 4.85. The van der Waals surface area contributed by atoms with Crippen LogP contribution in [0.1, 0.15) is 21.5 Å². The zero-order valence-corrected chi connectivity index (χ0v) is 19.0. The van der Waals surface area contributed by atoms with E-state index < -0.39 is 10.8 Å². The van der Waals surface area contributed by atoms with E-state index in [1.54, 1.807) is 18.2 Å². The Morgan fingerprint density at radius 2 is 1.85 bits per heavy atom. The summed E-state index contributed by atoms with van der Waals surface area (Å²) in [6, 6.07) is 17.7. The van der Waals surface area contributed by atoms with Gasteiger partial charge in [-0.15, -0.1) is 0 Å². The second kappa shape index (κ2) is 11.0. The number of aryl methyl sites for hydroxylation is 1. The Bertz CT molecular complexity index is 1210. The maximum Gasteiger partial charge on any atom is 0.271 e. The van der Waals surface area contributed by atoms with Crippen LogP contribution in [0.25, 0.3) is 0 Å². The number of amides is 2. The van der Waals surface area contributed by atoms with Crippen molar-refractivity contribution in [2.45, 2.75) is 6.92 Å². The highest BCUT2D eigenvalue weighted by atomic mass is 79.9. The molecule has 3 aromatic rings. The lowest BCUT2D eigenvalue weighted by atomic mass is 10.2. The van der Waals surface area contributed by atoms with Gasteiger partial charge in [0.25, 0.3) is 17.5 Å². The topological polar surface area (TPSA) is 123 Å². The average Bonchev–Trinajstić information content (AvgIpc) is 2.80. The Morgan fingerprint density at radius 3 is 2.52 bits per heavy atom. The number of hydrogen-bond acceptors (Lipinski definition) is 6. The Morgan fingerprint density at radius 1 is 1.12 bits per heavy atom. The minimum atomic E-state index is -0.540. The molecule has 0 atom stereocenters. The van der Waals surface area contributed by atoms with Crippen LogP contribution in [-0.2, 0) is 4.79 Å². The fourth-order valence-electron chi connectivity index (χ4n) is 2.72. The molecular weight excluding hydrogens is 492 g/mol. The molecule has 168 valence electrons. The number of hydrazone groups is 1. The van der Waals surface area contributed by atoms with Crippen LogP contribution in [0, 0.1) is 17.0 Å². The van der Waals surface area contributed by atoms with E-state index in [2.05, 4.69) is 31.8 Å². The highest BCUT2D eigenvalue weighted by Gasteiger charge is 2.10. The van der Waals surface area contributed by atoms with Gasteiger partial charge in [-0.2, -0.15) is 5.10 Å². The fraction of sp³-hybridized carbons (Fsp3) is 0.0870. The molecule has 0 saturated heterocycles. The van der Waals surface area contributed by atoms with Crippen molar-refractivity contribution < 1.29 is 19.2 Å². The third kappa shape index (κ3) is 6.71. The fourth-order valence-corrected chi connectivity index (χ4v) is 3.23. The third-order valence-corrected chi connectivity index (χ3v) is 5.07. The molecule has 0 fully saturated rings. The predicted octanol–water partition coefficient (Wildman–Crippen LogP) is 4.45. The summed E-state index contributed by atoms with van der Waals surface area (Å²) < 4.78 is 6.18. The van der Waals surface area contributed by atoms with Crippen molar-refractivity contribution in [3.8, 4) is 5.75 Å². The molecule has 10 heteroatoms. The van der Waals surface area contributed by atoms with Crippen molar-refractivity contribution in [2.24, 2.45) is 5.10 Å². The van der Waals surface area contributed by atoms with Crippen molar-refractivity contribution in [3.05, 3.63) is 98.0 Å². The zero-order chi connectivity index (χ0) is 23.8. The SMILES string of the molecule is Cc1ccccc1NC(=O)COc1ccc(/C=N/NC(=O)c2ccc([N+](=O)[O-])cc2)cc1Br. The van der Waals surface area contributed by atoms with E-state index in [0.717, 1.165) is 11.3 Å². The van der Waals surface area contributed by atoms with Crippen molar-refractivity contribution >= 4 is 45.3 Å². The molecule has 9 nitrogen and oxygen atoms in total. The summed E-state index contributed by atoms with van der Waals surface area (Å²) in [5.74, 6) is -0.308. The number of benzene rings is 3. The molecule has 3 aromatic carbocycles. The monoisotopic (exact) mass is 510 g/mol. The van der Waals surface area contributed by atoms with Crippen molar-refractivity contribution in [2.75, 3.05) is 11.9 Å². The van der Waals surface area contributed by atoms with Gasteiger partial charge in [-0.25, -0.2) is 5.43 Å². The van der Waals surface area contributed by atoms with E-state index in [4.69, 9.17) is 4.74 Å². The number of rotatable bonds is 8. The molecule has 0 heterocycles. The molecule has 0 saturated carbocycles. The van der Waals surface area contributed by atoms with Gasteiger partial charge in [-0.05, 0) is 70.4 Å². The predicted molar refractivity (Wildman–Crippen MR) is 128 cm³/mol. The van der Waals surface area contributed by atoms with E-state index in [9.17, 15) is 19.7 Å². The summed E-state index contributed by atoms with van der Waals surface area (Å²) in [5, 5.41) is 17.4. The van der Waals surface area contributed by atoms with Crippen LogP contribution in [0.2, 0.25) is 0 Å². The summed E-state index contributed by atoms with van der Waals surface area (Å²) in [7, 11) is 0. The largest absolute Gasteiger partial charge is 0.483 e. The van der Waals surface area contributed by atoms with Crippen molar-refractivity contribution in [3.63, 3.8) is 0 Å². The Balaban J connectivity index is 1.52. The van der Waals surface area contributed by atoms with Gasteiger partial charge in [0, 0.05) is 23.4 Å². The quantitative estimate of drug-likeness (QED) is 0.263. The highest BCUT2D eigenvalue weighted by molar-refractivity contribution is 9.10. The first-order valence-electron chi connectivity index (χ1n) is 9.69. The summed E-state index contributed by atoms with van der Waals surface area (Å²) in [6.45, 7) is 1.74. The normalized spacial score (nSPS) is 10.6. The zero-order valence-electron chi connectivity index (χ0n) is 17.4. The number of nitro benzene ring substituents is 1. The van der Waals surface area contributed by atoms with Crippen LogP contribution in [0.3, 0.4) is 0 Å². The molecule has 0 radical (unpaired) electrons. The first-order chi connectivity index (χ1) is 15.8. The Kier molecular flexibility index (Phi) is 7.87. The lowest BCUT2D eigenvalue weighted by molar-refractivity contribution is -0.384. The molecule has 0 aromatic heterocycles. The van der Waals surface area contributed by atoms with E-state index >= 15 is 0 Å². The molecule has 0 aliphatic heterocycles. The van der Waals surface area contributed by atoms with E-state index in [0.29, 0.717) is 15.8 Å². The summed E-state index contributed by atoms with van der Waals surface area (Å²) in [6.07, 6.45) is 1.43. The molecule has 3 rings (SSSR count). The molecule has 33 heavy (non-hydrogen) atoms. The number of carbonyl (C=O) groups excluding carboxylic acids is 2. The number of hydrogen-bond donors (Lipinski definition) is 2. The molecule has 0 aliphatic carbocycles. The number of nitrogens with zero attached hydrogens (tertiary/aromatic N) is 2. The third-order valence-electron chi connectivity index (χ3n) is 4.45. The lowest BCUT2D eigenvalue weighted by Gasteiger charge is -2.10. The van der Waals surface area contributed by atoms with Crippen LogP contribution in [0.15, 0.2) is 76.3 Å². The van der Waals surface area contributed by atoms with E-state index in [-0.39, 0.29) is 23.8 Å². The van der Waals surface area contributed by atoms with Crippen LogP contribution < -0.4 is 15.5 Å². The van der Waals surface area contributed by atoms with Gasteiger partial charge in [0.15, 0.2) is 6.61 Å². The van der Waals surface area contributed by atoms with Crippen molar-refractivity contribution in [1.82, 2.24) is 5.43 Å². The van der Waals surface area contributed by atoms with Crippen LogP contribution in [0.4, 0.5) is 11.4 Å². The number of ether oxygens (including phenoxy) is 1. The smallest absolute Gasteiger partial charge is 0.271 e. The van der Waals surface area contributed by atoms with Crippen LogP contribution >= 0.6 is 15.9 Å². The number of non-ortho nitro benzene ring substituents is 1. The van der Waals surface area contributed by atoms with Crippen LogP contribution in [0.5, 0.6) is 5.75 Å². The number of carbonyl (C=O) groups is 2. The standard InChI is InChI=1S/C23H19BrN4O5/c1-15-4-2-3-5-20(15)26-22(29)14-33-21-11-6-16(12-19(21)24)13-25-27-23(30)17-7-9-18(10-8-17)28(31)32/h2-13H,14H2,1H3,(H,26,29)(H,27,30)/b25-13+. The Labute approximate surface area is 197 Å². The number of halogens is 1. The summed E-state index contributed by atoms with van der Waals surface area (Å²) >= 11 is 3.39. The highest BCUT2D eigenvalue weighted by Crippen LogP contribution is 2.25. The number of nitrogens with one attached hydrogen (secondary N) is 2. The molecule has 0 spiro atoms. The number of anilines is 1. The van der Waals surface area contributed by atoms with Gasteiger partial charge < -0.3 is 10.1 Å². The maximum absolute atomic E-state index is 12.1. The van der Waals surface area contributed by atoms with Gasteiger partial charge >= 0.3 is 0 Å². The second-order valence-corrected chi connectivity index (χ2v) is 7.70. The van der Waals surface area contributed by atoms with Gasteiger partial charge in [0.2, 0.25) is 0 Å². The Hall–Kier alpha value is -4.05. The summed E-state index contributed by atoms with van der Waals surface area (Å²) in [4.78, 5) is 34.4. The van der Waals surface area contributed by atoms with E-state index in [1.165, 1.54) is 30.5 Å². The van der Waals surface area contributed by atoms with Crippen molar-refractivity contribution in [1.29, 1.82) is 0 Å². The number of para-hydroxylation sites is 1. The average molecular weight is 511 g/mol. The minimum absolute atomic E-state index is 0.102. The minimum Gasteiger partial charge on any atom is -0.483 e. The molecule has 0 bridgehead atoms. The second-order valence-electron chi connectivity index (χ2n) is 6.84. The van der Waals surface area contributed by atoms with Gasteiger partial charge in [0.1, 0.15) is 5.75 Å². The lowest BCUT2D eigenvalue weighted by Crippen LogP contribution is -2.20. The molecule has 0 unspecified atom stereocenters. The first kappa shape index (κ1) is 23.6. The van der Waals surface area contributed by atoms with Crippen LogP contribution in [-0.4, -0.2) is 29.6 Å². The van der Waals surface area contributed by atoms with Gasteiger partial charge in [-0.3, -0.25) is 19.7 Å². The van der Waals surface area contributed by atoms with Gasteiger partial charge in [0.05, 0.1) is 15.6 Å². The molecule has 0 aliphatic rings. The molecule has 2 amide bonds. The van der Waals surface area contributed by atoms with E-state index in [1.807, 2.05) is 31.2 Å². The molecule has 2 N–H and O–H groups in total. The van der Waals surface area contributed by atoms with Gasteiger partial charge in [-0.1, -0.05) is 18.2 Å². The molecular formula is C23H19BrN4O5. The maximum atomic E-state index is 12.1. The number of nitro groups is 1. The first-order valence-corrected chi connectivity index (χ1v) is 10.5.